The van der Waals surface area contributed by atoms with Gasteiger partial charge in [-0.25, -0.2) is 14.4 Å². The lowest BCUT2D eigenvalue weighted by molar-refractivity contribution is -0.157. The molecule has 0 bridgehead atoms. The van der Waals surface area contributed by atoms with Crippen LogP contribution in [0, 0.1) is 13.8 Å². The van der Waals surface area contributed by atoms with Crippen LogP contribution in [0.2, 0.25) is 0 Å². The number of carbonyl (C=O) groups is 4. The molecule has 36 heavy (non-hydrogen) atoms. The third-order valence-corrected chi connectivity index (χ3v) is 4.85. The molecule has 0 fully saturated rings. The number of anilines is 1. The molecule has 1 aromatic heterocycles. The summed E-state index contributed by atoms with van der Waals surface area (Å²) in [5.41, 5.74) is 1.60. The van der Waals surface area contributed by atoms with Crippen LogP contribution >= 0.6 is 0 Å². The van der Waals surface area contributed by atoms with Crippen LogP contribution in [0.3, 0.4) is 0 Å². The van der Waals surface area contributed by atoms with Crippen LogP contribution < -0.4 is 10.1 Å². The van der Waals surface area contributed by atoms with Gasteiger partial charge in [-0.15, -0.1) is 10.2 Å². The molecule has 3 rings (SSSR count). The van der Waals surface area contributed by atoms with E-state index in [9.17, 15) is 24.3 Å². The molecular formula is C25H23N3O8. The Hall–Kier alpha value is -4.80. The maximum Gasteiger partial charge on any atom is 0.349 e. The summed E-state index contributed by atoms with van der Waals surface area (Å²) >= 11 is 0. The van der Waals surface area contributed by atoms with Gasteiger partial charge in [-0.05, 0) is 44.2 Å². The quantitative estimate of drug-likeness (QED) is 0.425. The lowest BCUT2D eigenvalue weighted by atomic mass is 10.1. The van der Waals surface area contributed by atoms with Gasteiger partial charge in [0.15, 0.2) is 5.82 Å². The number of esters is 2. The van der Waals surface area contributed by atoms with E-state index in [0.717, 1.165) is 11.1 Å². The molecule has 0 saturated carbocycles. The molecule has 0 aliphatic rings. The molecule has 0 aliphatic heterocycles. The zero-order valence-electron chi connectivity index (χ0n) is 19.6. The molecule has 11 nitrogen and oxygen atoms in total. The number of nitrogens with zero attached hydrogens (tertiary/aromatic N) is 2. The van der Waals surface area contributed by atoms with Gasteiger partial charge in [0.1, 0.15) is 0 Å². The van der Waals surface area contributed by atoms with E-state index in [1.54, 1.807) is 38.1 Å². The lowest BCUT2D eigenvalue weighted by Crippen LogP contribution is -2.48. The van der Waals surface area contributed by atoms with E-state index in [1.165, 1.54) is 43.5 Å². The van der Waals surface area contributed by atoms with Crippen LogP contribution in [0.1, 0.15) is 31.8 Å². The van der Waals surface area contributed by atoms with Gasteiger partial charge in [-0.1, -0.05) is 35.4 Å². The Morgan fingerprint density at radius 1 is 0.806 bits per heavy atom. The third-order valence-electron chi connectivity index (χ3n) is 4.85. The molecule has 2 aromatic carbocycles. The van der Waals surface area contributed by atoms with Crippen molar-refractivity contribution >= 4 is 29.6 Å². The monoisotopic (exact) mass is 493 g/mol. The minimum atomic E-state index is -2.17. The molecule has 1 heterocycles. The first kappa shape index (κ1) is 25.8. The summed E-state index contributed by atoms with van der Waals surface area (Å²) in [5.74, 6) is -4.70. The minimum Gasteiger partial charge on any atom is -0.480 e. The lowest BCUT2D eigenvalue weighted by Gasteiger charge is -2.23. The van der Waals surface area contributed by atoms with Crippen LogP contribution in [0.4, 0.5) is 5.82 Å². The Labute approximate surface area is 206 Å². The van der Waals surface area contributed by atoms with Crippen LogP contribution in [-0.4, -0.2) is 58.4 Å². The summed E-state index contributed by atoms with van der Waals surface area (Å²) in [6.07, 6.45) is -4.23. The maximum atomic E-state index is 13.1. The predicted molar refractivity (Wildman–Crippen MR) is 126 cm³/mol. The number of hydrogen-bond donors (Lipinski definition) is 2. The Morgan fingerprint density at radius 2 is 1.36 bits per heavy atom. The number of rotatable bonds is 9. The zero-order valence-corrected chi connectivity index (χ0v) is 19.6. The number of nitrogens with one attached hydrogen (secondary N) is 1. The number of carboxylic acids is 1. The summed E-state index contributed by atoms with van der Waals surface area (Å²) in [6, 6.07) is 15.3. The first-order chi connectivity index (χ1) is 17.2. The number of methoxy groups -OCH3 is 1. The fourth-order valence-corrected chi connectivity index (χ4v) is 3.10. The number of ether oxygens (including phenoxy) is 3. The molecule has 0 aliphatic carbocycles. The third kappa shape index (κ3) is 6.63. The fourth-order valence-electron chi connectivity index (χ4n) is 3.10. The predicted octanol–water partition coefficient (Wildman–Crippen LogP) is 2.58. The summed E-state index contributed by atoms with van der Waals surface area (Å²) in [4.78, 5) is 50.6. The number of carboxylic acid groups (broad SMARTS) is 1. The van der Waals surface area contributed by atoms with Crippen molar-refractivity contribution in [1.82, 2.24) is 10.2 Å². The summed E-state index contributed by atoms with van der Waals surface area (Å²) in [7, 11) is 1.38. The molecule has 0 saturated heterocycles. The Balaban J connectivity index is 1.91. The number of aromatic nitrogens is 2. The van der Waals surface area contributed by atoms with E-state index in [1.807, 2.05) is 0 Å². The molecule has 3 aromatic rings. The van der Waals surface area contributed by atoms with Gasteiger partial charge < -0.3 is 24.6 Å². The van der Waals surface area contributed by atoms with Gasteiger partial charge in [0.25, 0.3) is 5.91 Å². The van der Waals surface area contributed by atoms with Crippen LogP contribution in [-0.2, 0) is 19.1 Å². The molecule has 0 unspecified atom stereocenters. The smallest absolute Gasteiger partial charge is 0.349 e. The molecule has 186 valence electrons. The second-order valence-electron chi connectivity index (χ2n) is 7.68. The van der Waals surface area contributed by atoms with E-state index in [0.29, 0.717) is 0 Å². The Bertz CT molecular complexity index is 1280. The number of benzene rings is 2. The van der Waals surface area contributed by atoms with Crippen molar-refractivity contribution in [1.29, 1.82) is 0 Å². The van der Waals surface area contributed by atoms with Crippen molar-refractivity contribution in [2.24, 2.45) is 0 Å². The molecular weight excluding hydrogens is 470 g/mol. The normalized spacial score (nSPS) is 12.1. The van der Waals surface area contributed by atoms with Crippen LogP contribution in [0.5, 0.6) is 5.88 Å². The standard InChI is InChI=1S/C25H23N3O8/c1-14-6-4-8-16(12-14)24(32)35-20(22(29)26-18-10-11-19(34-3)28-27-18)21(23(30)31)36-25(33)17-9-5-7-15(2)13-17/h4-13,20-21H,1-3H3,(H,30,31)(H,26,27,29)/t20-,21-/m1/s1. The van der Waals surface area contributed by atoms with Crippen molar-refractivity contribution in [3.8, 4) is 5.88 Å². The summed E-state index contributed by atoms with van der Waals surface area (Å²) in [5, 5.41) is 19.6. The molecule has 2 atom stereocenters. The Kier molecular flexibility index (Phi) is 8.29. The molecule has 0 spiro atoms. The highest BCUT2D eigenvalue weighted by Gasteiger charge is 2.41. The van der Waals surface area contributed by atoms with E-state index >= 15 is 0 Å². The maximum absolute atomic E-state index is 13.1. The van der Waals surface area contributed by atoms with Crippen LogP contribution in [0.25, 0.3) is 0 Å². The van der Waals surface area contributed by atoms with Gasteiger partial charge in [0.2, 0.25) is 18.1 Å². The highest BCUT2D eigenvalue weighted by molar-refractivity contribution is 6.01. The van der Waals surface area contributed by atoms with Gasteiger partial charge in [-0.2, -0.15) is 0 Å². The topological polar surface area (TPSA) is 154 Å². The SMILES string of the molecule is COc1ccc(NC(=O)[C@H](OC(=O)c2cccc(C)c2)[C@@H](OC(=O)c2cccc(C)c2)C(=O)O)nn1. The number of carbonyl (C=O) groups excluding carboxylic acids is 3. The van der Waals surface area contributed by atoms with Crippen molar-refractivity contribution < 1.29 is 38.5 Å². The van der Waals surface area contributed by atoms with Crippen LogP contribution in [0.15, 0.2) is 60.7 Å². The second kappa shape index (κ2) is 11.6. The largest absolute Gasteiger partial charge is 0.480 e. The van der Waals surface area contributed by atoms with Gasteiger partial charge in [0, 0.05) is 6.07 Å². The number of aryl methyl sites for hydroxylation is 2. The van der Waals surface area contributed by atoms with Gasteiger partial charge in [-0.3, -0.25) is 4.79 Å². The minimum absolute atomic E-state index is 0.0615. The van der Waals surface area contributed by atoms with Crippen molar-refractivity contribution in [3.05, 3.63) is 82.9 Å². The average molecular weight is 493 g/mol. The van der Waals surface area contributed by atoms with Crippen molar-refractivity contribution in [2.75, 3.05) is 12.4 Å². The Morgan fingerprint density at radius 3 is 1.81 bits per heavy atom. The number of hydrogen-bond acceptors (Lipinski definition) is 9. The van der Waals surface area contributed by atoms with Gasteiger partial charge >= 0.3 is 17.9 Å². The van der Waals surface area contributed by atoms with Gasteiger partial charge in [0.05, 0.1) is 18.2 Å². The molecule has 0 radical (unpaired) electrons. The average Bonchev–Trinajstić information content (AvgIpc) is 2.86. The van der Waals surface area contributed by atoms with Crippen molar-refractivity contribution in [3.63, 3.8) is 0 Å². The number of aliphatic carboxylic acids is 1. The summed E-state index contributed by atoms with van der Waals surface area (Å²) in [6.45, 7) is 3.48. The zero-order chi connectivity index (χ0) is 26.2. The highest BCUT2D eigenvalue weighted by Crippen LogP contribution is 2.17. The van der Waals surface area contributed by atoms with E-state index in [4.69, 9.17) is 14.2 Å². The number of amides is 1. The summed E-state index contributed by atoms with van der Waals surface area (Å²) < 4.78 is 15.3. The first-order valence-corrected chi connectivity index (χ1v) is 10.6. The highest BCUT2D eigenvalue weighted by atomic mass is 16.6. The molecule has 1 amide bonds. The van der Waals surface area contributed by atoms with E-state index in [-0.39, 0.29) is 22.8 Å². The molecule has 11 heteroatoms. The second-order valence-corrected chi connectivity index (χ2v) is 7.68. The van der Waals surface area contributed by atoms with Crippen molar-refractivity contribution in [2.45, 2.75) is 26.1 Å². The fraction of sp³-hybridized carbons (Fsp3) is 0.200. The van der Waals surface area contributed by atoms with E-state index < -0.39 is 36.0 Å². The van der Waals surface area contributed by atoms with E-state index in [2.05, 4.69) is 15.5 Å². The first-order valence-electron chi connectivity index (χ1n) is 10.6. The molecule has 2 N–H and O–H groups in total.